The van der Waals surface area contributed by atoms with Gasteiger partial charge in [0.25, 0.3) is 0 Å². The predicted molar refractivity (Wildman–Crippen MR) is 64.9 cm³/mol. The predicted octanol–water partition coefficient (Wildman–Crippen LogP) is 2.56. The lowest BCUT2D eigenvalue weighted by Crippen LogP contribution is -2.35. The van der Waals surface area contributed by atoms with Gasteiger partial charge < -0.3 is 10.4 Å². The van der Waals surface area contributed by atoms with Crippen LogP contribution in [0, 0.1) is 11.3 Å². The molecular weight excluding hydrogens is 186 g/mol. The van der Waals surface area contributed by atoms with Crippen LogP contribution in [0.4, 0.5) is 0 Å². The summed E-state index contributed by atoms with van der Waals surface area (Å²) in [7, 11) is 0. The third kappa shape index (κ3) is 4.98. The van der Waals surface area contributed by atoms with Gasteiger partial charge in [-0.3, -0.25) is 0 Å². The van der Waals surface area contributed by atoms with Crippen LogP contribution in [0.5, 0.6) is 0 Å². The quantitative estimate of drug-likeness (QED) is 0.735. The first-order valence-electron chi connectivity index (χ1n) is 6.30. The van der Waals surface area contributed by atoms with Crippen LogP contribution in [0.2, 0.25) is 0 Å². The number of nitrogens with one attached hydrogen (secondary N) is 1. The highest BCUT2D eigenvalue weighted by Gasteiger charge is 2.30. The van der Waals surface area contributed by atoms with Crippen LogP contribution in [0.15, 0.2) is 0 Å². The van der Waals surface area contributed by atoms with Crippen molar-refractivity contribution < 1.29 is 5.11 Å². The van der Waals surface area contributed by atoms with E-state index in [0.717, 1.165) is 13.0 Å². The number of hydrogen-bond donors (Lipinski definition) is 2. The maximum Gasteiger partial charge on any atom is 0.0667 e. The lowest BCUT2D eigenvalue weighted by atomic mass is 9.92. The van der Waals surface area contributed by atoms with Crippen molar-refractivity contribution in [3.63, 3.8) is 0 Å². The standard InChI is InChI=1S/C13H27NO/c1-10(2)7-12(15)9-14-11-5-6-13(3,4)8-11/h10-12,14-15H,5-9H2,1-4H3. The molecule has 0 amide bonds. The van der Waals surface area contributed by atoms with E-state index in [4.69, 9.17) is 0 Å². The first-order chi connectivity index (χ1) is 6.89. The molecule has 0 aromatic rings. The summed E-state index contributed by atoms with van der Waals surface area (Å²) in [5, 5.41) is 13.2. The highest BCUT2D eigenvalue weighted by atomic mass is 16.3. The van der Waals surface area contributed by atoms with E-state index in [2.05, 4.69) is 33.0 Å². The molecule has 90 valence electrons. The Labute approximate surface area is 94.5 Å². The van der Waals surface area contributed by atoms with Gasteiger partial charge in [0.15, 0.2) is 0 Å². The third-order valence-electron chi connectivity index (χ3n) is 3.35. The van der Waals surface area contributed by atoms with Crippen LogP contribution < -0.4 is 5.32 Å². The Balaban J connectivity index is 2.15. The fourth-order valence-electron chi connectivity index (χ4n) is 2.54. The molecule has 0 aliphatic heterocycles. The number of hydrogen-bond acceptors (Lipinski definition) is 2. The molecule has 1 rings (SSSR count). The summed E-state index contributed by atoms with van der Waals surface area (Å²) in [6, 6.07) is 0.627. The van der Waals surface area contributed by atoms with Crippen molar-refractivity contribution in [2.75, 3.05) is 6.54 Å². The van der Waals surface area contributed by atoms with E-state index in [0.29, 0.717) is 17.4 Å². The second kappa shape index (κ2) is 5.31. The molecule has 0 aromatic carbocycles. The summed E-state index contributed by atoms with van der Waals surface area (Å²) >= 11 is 0. The number of aliphatic hydroxyl groups is 1. The Hall–Kier alpha value is -0.0800. The van der Waals surface area contributed by atoms with Gasteiger partial charge in [-0.05, 0) is 37.0 Å². The molecule has 0 bridgehead atoms. The van der Waals surface area contributed by atoms with Crippen LogP contribution in [0.25, 0.3) is 0 Å². The molecule has 0 heterocycles. The normalized spacial score (nSPS) is 27.2. The number of aliphatic hydroxyl groups excluding tert-OH is 1. The van der Waals surface area contributed by atoms with Crippen LogP contribution in [-0.2, 0) is 0 Å². The van der Waals surface area contributed by atoms with Crippen molar-refractivity contribution in [1.82, 2.24) is 5.32 Å². The van der Waals surface area contributed by atoms with Gasteiger partial charge in [-0.1, -0.05) is 27.7 Å². The van der Waals surface area contributed by atoms with E-state index in [1.165, 1.54) is 19.3 Å². The summed E-state index contributed by atoms with van der Waals surface area (Å²) in [4.78, 5) is 0. The Morgan fingerprint density at radius 1 is 1.40 bits per heavy atom. The highest BCUT2D eigenvalue weighted by molar-refractivity contribution is 4.86. The van der Waals surface area contributed by atoms with Gasteiger partial charge >= 0.3 is 0 Å². The molecule has 15 heavy (non-hydrogen) atoms. The lowest BCUT2D eigenvalue weighted by Gasteiger charge is -2.20. The molecule has 0 spiro atoms. The summed E-state index contributed by atoms with van der Waals surface area (Å²) in [6.45, 7) is 9.74. The van der Waals surface area contributed by atoms with Crippen molar-refractivity contribution in [2.45, 2.75) is 65.5 Å². The van der Waals surface area contributed by atoms with Gasteiger partial charge in [-0.2, -0.15) is 0 Å². The maximum absolute atomic E-state index is 9.75. The zero-order chi connectivity index (χ0) is 11.5. The van der Waals surface area contributed by atoms with Gasteiger partial charge in [-0.25, -0.2) is 0 Å². The Morgan fingerprint density at radius 2 is 2.07 bits per heavy atom. The molecule has 2 atom stereocenters. The van der Waals surface area contributed by atoms with E-state index >= 15 is 0 Å². The molecule has 2 unspecified atom stereocenters. The first-order valence-corrected chi connectivity index (χ1v) is 6.30. The van der Waals surface area contributed by atoms with Gasteiger partial charge in [0.05, 0.1) is 6.10 Å². The van der Waals surface area contributed by atoms with Crippen LogP contribution >= 0.6 is 0 Å². The summed E-state index contributed by atoms with van der Waals surface area (Å²) in [5.74, 6) is 0.585. The van der Waals surface area contributed by atoms with E-state index in [1.54, 1.807) is 0 Å². The molecule has 2 heteroatoms. The van der Waals surface area contributed by atoms with Gasteiger partial charge in [0.2, 0.25) is 0 Å². The molecule has 0 saturated heterocycles. The van der Waals surface area contributed by atoms with Crippen molar-refractivity contribution in [3.8, 4) is 0 Å². The minimum absolute atomic E-state index is 0.172. The van der Waals surface area contributed by atoms with Crippen LogP contribution in [0.3, 0.4) is 0 Å². The average molecular weight is 213 g/mol. The Morgan fingerprint density at radius 3 is 2.53 bits per heavy atom. The van der Waals surface area contributed by atoms with E-state index in [9.17, 15) is 5.11 Å². The lowest BCUT2D eigenvalue weighted by molar-refractivity contribution is 0.142. The zero-order valence-corrected chi connectivity index (χ0v) is 10.7. The monoisotopic (exact) mass is 213 g/mol. The summed E-state index contributed by atoms with van der Waals surface area (Å²) in [6.07, 6.45) is 4.56. The van der Waals surface area contributed by atoms with Crippen molar-refractivity contribution >= 4 is 0 Å². The zero-order valence-electron chi connectivity index (χ0n) is 10.7. The number of rotatable bonds is 5. The molecule has 1 fully saturated rings. The fourth-order valence-corrected chi connectivity index (χ4v) is 2.54. The molecule has 1 saturated carbocycles. The highest BCUT2D eigenvalue weighted by Crippen LogP contribution is 2.36. The smallest absolute Gasteiger partial charge is 0.0667 e. The molecule has 1 aliphatic rings. The molecule has 2 N–H and O–H groups in total. The fraction of sp³-hybridized carbons (Fsp3) is 1.00. The van der Waals surface area contributed by atoms with Gasteiger partial charge in [-0.15, -0.1) is 0 Å². The minimum atomic E-state index is -0.172. The molecular formula is C13H27NO. The maximum atomic E-state index is 9.75. The average Bonchev–Trinajstić information content (AvgIpc) is 2.41. The Bertz CT molecular complexity index is 189. The van der Waals surface area contributed by atoms with Crippen molar-refractivity contribution in [3.05, 3.63) is 0 Å². The molecule has 0 radical (unpaired) electrons. The Kier molecular flexibility index (Phi) is 4.60. The van der Waals surface area contributed by atoms with Crippen molar-refractivity contribution in [2.24, 2.45) is 11.3 Å². The van der Waals surface area contributed by atoms with Gasteiger partial charge in [0.1, 0.15) is 0 Å². The molecule has 2 nitrogen and oxygen atoms in total. The first kappa shape index (κ1) is 13.0. The molecule has 1 aliphatic carbocycles. The van der Waals surface area contributed by atoms with E-state index in [1.807, 2.05) is 0 Å². The van der Waals surface area contributed by atoms with E-state index < -0.39 is 0 Å². The minimum Gasteiger partial charge on any atom is -0.392 e. The van der Waals surface area contributed by atoms with Crippen LogP contribution in [-0.4, -0.2) is 23.8 Å². The second-order valence-corrected chi connectivity index (χ2v) is 6.30. The van der Waals surface area contributed by atoms with Crippen molar-refractivity contribution in [1.29, 1.82) is 0 Å². The topological polar surface area (TPSA) is 32.3 Å². The van der Waals surface area contributed by atoms with Crippen LogP contribution in [0.1, 0.15) is 53.4 Å². The molecule has 0 aromatic heterocycles. The van der Waals surface area contributed by atoms with Gasteiger partial charge in [0, 0.05) is 12.6 Å². The summed E-state index contributed by atoms with van der Waals surface area (Å²) in [5.41, 5.74) is 0.501. The van der Waals surface area contributed by atoms with E-state index in [-0.39, 0.29) is 6.10 Å². The largest absolute Gasteiger partial charge is 0.392 e. The second-order valence-electron chi connectivity index (χ2n) is 6.30. The third-order valence-corrected chi connectivity index (χ3v) is 3.35. The SMILES string of the molecule is CC(C)CC(O)CNC1CCC(C)(C)C1. The summed E-state index contributed by atoms with van der Waals surface area (Å²) < 4.78 is 0.